The molecule has 0 amide bonds. The Bertz CT molecular complexity index is 540. The van der Waals surface area contributed by atoms with Crippen molar-refractivity contribution in [2.75, 3.05) is 32.5 Å². The van der Waals surface area contributed by atoms with Gasteiger partial charge < -0.3 is 20.1 Å². The molecule has 0 saturated carbocycles. The van der Waals surface area contributed by atoms with Crippen molar-refractivity contribution in [2.45, 2.75) is 31.6 Å². The SMILES string of the molecule is CCNC(=NCC(C)(C)SC)NCC1COc2ccccc2O1.I. The third kappa shape index (κ3) is 6.58. The molecule has 0 fully saturated rings. The van der Waals surface area contributed by atoms with Gasteiger partial charge in [-0.2, -0.15) is 11.8 Å². The molecular formula is C17H28IN3O2S. The topological polar surface area (TPSA) is 54.9 Å². The fourth-order valence-corrected chi connectivity index (χ4v) is 2.24. The number of halogens is 1. The summed E-state index contributed by atoms with van der Waals surface area (Å²) in [6.07, 6.45) is 2.09. The number of rotatable bonds is 6. The van der Waals surface area contributed by atoms with Crippen LogP contribution in [0.3, 0.4) is 0 Å². The molecular weight excluding hydrogens is 437 g/mol. The number of ether oxygens (including phenoxy) is 2. The van der Waals surface area contributed by atoms with E-state index in [2.05, 4.69) is 42.7 Å². The van der Waals surface area contributed by atoms with Gasteiger partial charge in [0.05, 0.1) is 13.1 Å². The second-order valence-electron chi connectivity index (χ2n) is 6.04. The molecule has 0 spiro atoms. The van der Waals surface area contributed by atoms with Crippen LogP contribution in [0.1, 0.15) is 20.8 Å². The smallest absolute Gasteiger partial charge is 0.191 e. The number of thioether (sulfide) groups is 1. The zero-order valence-electron chi connectivity index (χ0n) is 14.8. The van der Waals surface area contributed by atoms with E-state index in [-0.39, 0.29) is 34.8 Å². The summed E-state index contributed by atoms with van der Waals surface area (Å²) in [6, 6.07) is 7.76. The van der Waals surface area contributed by atoms with Crippen molar-refractivity contribution in [3.63, 3.8) is 0 Å². The highest BCUT2D eigenvalue weighted by atomic mass is 127. The van der Waals surface area contributed by atoms with Crippen LogP contribution in [0.5, 0.6) is 11.5 Å². The van der Waals surface area contributed by atoms with Gasteiger partial charge in [-0.15, -0.1) is 24.0 Å². The van der Waals surface area contributed by atoms with Gasteiger partial charge in [-0.1, -0.05) is 12.1 Å². The van der Waals surface area contributed by atoms with E-state index in [1.165, 1.54) is 0 Å². The van der Waals surface area contributed by atoms with Crippen LogP contribution >= 0.6 is 35.7 Å². The number of aliphatic imine (C=N–C) groups is 1. The van der Waals surface area contributed by atoms with Crippen molar-refractivity contribution in [3.05, 3.63) is 24.3 Å². The molecule has 2 N–H and O–H groups in total. The summed E-state index contributed by atoms with van der Waals surface area (Å²) in [4.78, 5) is 4.66. The first-order valence-electron chi connectivity index (χ1n) is 8.00. The highest BCUT2D eigenvalue weighted by Crippen LogP contribution is 2.30. The molecule has 1 aliphatic rings. The summed E-state index contributed by atoms with van der Waals surface area (Å²) in [6.45, 7) is 9.23. The van der Waals surface area contributed by atoms with Crippen molar-refractivity contribution < 1.29 is 9.47 Å². The van der Waals surface area contributed by atoms with E-state index in [0.717, 1.165) is 30.5 Å². The average molecular weight is 465 g/mol. The summed E-state index contributed by atoms with van der Waals surface area (Å²) < 4.78 is 11.8. The highest BCUT2D eigenvalue weighted by Gasteiger charge is 2.21. The predicted octanol–water partition coefficient (Wildman–Crippen LogP) is 3.14. The third-order valence-electron chi connectivity index (χ3n) is 3.58. The number of hydrogen-bond donors (Lipinski definition) is 2. The maximum absolute atomic E-state index is 5.95. The molecule has 0 aromatic heterocycles. The molecule has 1 aromatic carbocycles. The number of benzene rings is 1. The van der Waals surface area contributed by atoms with E-state index >= 15 is 0 Å². The third-order valence-corrected chi connectivity index (χ3v) is 4.81. The first kappa shape index (κ1) is 21.2. The Kier molecular flexibility index (Phi) is 9.04. The van der Waals surface area contributed by atoms with Crippen LogP contribution in [0.2, 0.25) is 0 Å². The molecule has 136 valence electrons. The van der Waals surface area contributed by atoms with Gasteiger partial charge in [-0.25, -0.2) is 0 Å². The Hall–Kier alpha value is -0.830. The Morgan fingerprint density at radius 2 is 2.00 bits per heavy atom. The highest BCUT2D eigenvalue weighted by molar-refractivity contribution is 14.0. The molecule has 0 bridgehead atoms. The standard InChI is InChI=1S/C17H27N3O2S.HI/c1-5-18-16(20-12-17(2,3)23-4)19-10-13-11-21-14-8-6-7-9-15(14)22-13;/h6-9,13H,5,10-12H2,1-4H3,(H2,18,19,20);1H. The molecule has 24 heavy (non-hydrogen) atoms. The summed E-state index contributed by atoms with van der Waals surface area (Å²) in [5, 5.41) is 6.61. The summed E-state index contributed by atoms with van der Waals surface area (Å²) in [7, 11) is 0. The maximum atomic E-state index is 5.95. The fourth-order valence-electron chi connectivity index (χ4n) is 2.05. The number of fused-ring (bicyclic) bond motifs is 1. The van der Waals surface area contributed by atoms with E-state index in [1.807, 2.05) is 36.0 Å². The van der Waals surface area contributed by atoms with Crippen molar-refractivity contribution in [2.24, 2.45) is 4.99 Å². The molecule has 1 aliphatic heterocycles. The lowest BCUT2D eigenvalue weighted by molar-refractivity contribution is 0.0936. The molecule has 0 aliphatic carbocycles. The first-order valence-corrected chi connectivity index (χ1v) is 9.22. The van der Waals surface area contributed by atoms with E-state index in [4.69, 9.17) is 9.47 Å². The molecule has 0 radical (unpaired) electrons. The number of para-hydroxylation sites is 2. The summed E-state index contributed by atoms with van der Waals surface area (Å²) in [5.74, 6) is 2.43. The lowest BCUT2D eigenvalue weighted by Gasteiger charge is -2.27. The van der Waals surface area contributed by atoms with Crippen LogP contribution in [0.25, 0.3) is 0 Å². The summed E-state index contributed by atoms with van der Waals surface area (Å²) >= 11 is 1.82. The molecule has 1 atom stereocenters. The van der Waals surface area contributed by atoms with Crippen LogP contribution in [-0.2, 0) is 0 Å². The first-order chi connectivity index (χ1) is 11.0. The Morgan fingerprint density at radius 1 is 1.29 bits per heavy atom. The van der Waals surface area contributed by atoms with E-state index in [0.29, 0.717) is 13.2 Å². The van der Waals surface area contributed by atoms with Crippen LogP contribution in [0.15, 0.2) is 29.3 Å². The minimum Gasteiger partial charge on any atom is -0.486 e. The molecule has 7 heteroatoms. The van der Waals surface area contributed by atoms with Gasteiger partial charge in [0.1, 0.15) is 12.7 Å². The molecule has 2 rings (SSSR count). The lowest BCUT2D eigenvalue weighted by Crippen LogP contribution is -2.45. The van der Waals surface area contributed by atoms with Crippen molar-refractivity contribution in [1.82, 2.24) is 10.6 Å². The zero-order valence-corrected chi connectivity index (χ0v) is 17.9. The van der Waals surface area contributed by atoms with E-state index in [9.17, 15) is 0 Å². The second kappa shape index (κ2) is 10.2. The molecule has 1 heterocycles. The fraction of sp³-hybridized carbons (Fsp3) is 0.588. The quantitative estimate of drug-likeness (QED) is 0.384. The minimum atomic E-state index is -0.0256. The molecule has 1 aromatic rings. The normalized spacial score (nSPS) is 17.0. The number of hydrogen-bond acceptors (Lipinski definition) is 4. The van der Waals surface area contributed by atoms with Gasteiger partial charge in [0.15, 0.2) is 17.5 Å². The molecule has 1 unspecified atom stereocenters. The number of nitrogens with one attached hydrogen (secondary N) is 2. The number of guanidine groups is 1. The van der Waals surface area contributed by atoms with Crippen molar-refractivity contribution >= 4 is 41.7 Å². The van der Waals surface area contributed by atoms with Gasteiger partial charge in [-0.3, -0.25) is 4.99 Å². The lowest BCUT2D eigenvalue weighted by atomic mass is 10.2. The average Bonchev–Trinajstić information content (AvgIpc) is 2.57. The van der Waals surface area contributed by atoms with Gasteiger partial charge in [-0.05, 0) is 39.2 Å². The van der Waals surface area contributed by atoms with Crippen molar-refractivity contribution in [1.29, 1.82) is 0 Å². The largest absolute Gasteiger partial charge is 0.486 e. The Morgan fingerprint density at radius 3 is 2.67 bits per heavy atom. The Labute approximate surface area is 166 Å². The van der Waals surface area contributed by atoms with Gasteiger partial charge in [0.25, 0.3) is 0 Å². The minimum absolute atomic E-state index is 0. The second-order valence-corrected chi connectivity index (χ2v) is 7.55. The monoisotopic (exact) mass is 465 g/mol. The molecule has 5 nitrogen and oxygen atoms in total. The van der Waals surface area contributed by atoms with E-state index < -0.39 is 0 Å². The summed E-state index contributed by atoms with van der Waals surface area (Å²) in [5.41, 5.74) is 0. The van der Waals surface area contributed by atoms with Gasteiger partial charge >= 0.3 is 0 Å². The van der Waals surface area contributed by atoms with Crippen LogP contribution in [-0.4, -0.2) is 49.3 Å². The van der Waals surface area contributed by atoms with Crippen LogP contribution in [0.4, 0.5) is 0 Å². The van der Waals surface area contributed by atoms with Crippen molar-refractivity contribution in [3.8, 4) is 11.5 Å². The Balaban J connectivity index is 0.00000288. The number of nitrogens with zero attached hydrogens (tertiary/aromatic N) is 1. The van der Waals surface area contributed by atoms with Crippen LogP contribution < -0.4 is 20.1 Å². The predicted molar refractivity (Wildman–Crippen MR) is 113 cm³/mol. The maximum Gasteiger partial charge on any atom is 0.191 e. The van der Waals surface area contributed by atoms with Gasteiger partial charge in [0.2, 0.25) is 0 Å². The van der Waals surface area contributed by atoms with Gasteiger partial charge in [0, 0.05) is 11.3 Å². The zero-order chi connectivity index (χ0) is 16.7. The molecule has 0 saturated heterocycles. The van der Waals surface area contributed by atoms with Crippen LogP contribution in [0, 0.1) is 0 Å². The van der Waals surface area contributed by atoms with E-state index in [1.54, 1.807) is 0 Å².